The first-order chi connectivity index (χ1) is 8.29. The molecule has 3 nitrogen and oxygen atoms in total. The maximum atomic E-state index is 5.86. The van der Waals surface area contributed by atoms with Gasteiger partial charge < -0.3 is 15.4 Å². The first kappa shape index (κ1) is 12.4. The molecule has 0 aromatic heterocycles. The fourth-order valence-electron chi connectivity index (χ4n) is 2.47. The summed E-state index contributed by atoms with van der Waals surface area (Å²) in [6.45, 7) is 3.79. The highest BCUT2D eigenvalue weighted by molar-refractivity contribution is 5.20. The summed E-state index contributed by atoms with van der Waals surface area (Å²) < 4.78 is 5.81. The van der Waals surface area contributed by atoms with Gasteiger partial charge in [0.15, 0.2) is 0 Å². The normalized spacial score (nSPS) is 22.6. The van der Waals surface area contributed by atoms with Crippen molar-refractivity contribution in [2.45, 2.75) is 6.42 Å². The largest absolute Gasteiger partial charge is 0.493 e. The van der Waals surface area contributed by atoms with Crippen LogP contribution in [0, 0.1) is 11.8 Å². The Labute approximate surface area is 104 Å². The molecule has 2 N–H and O–H groups in total. The molecule has 0 amide bonds. The monoisotopic (exact) mass is 234 g/mol. The van der Waals surface area contributed by atoms with E-state index in [0.717, 1.165) is 18.9 Å². The van der Waals surface area contributed by atoms with Crippen molar-refractivity contribution in [2.75, 3.05) is 33.3 Å². The lowest BCUT2D eigenvalue weighted by molar-refractivity contribution is 0.199. The predicted octanol–water partition coefficient (Wildman–Crippen LogP) is 1.59. The molecule has 2 rings (SSSR count). The minimum Gasteiger partial charge on any atom is -0.493 e. The molecule has 94 valence electrons. The number of hydrogen-bond donors (Lipinski definition) is 1. The van der Waals surface area contributed by atoms with Crippen LogP contribution in [0.2, 0.25) is 0 Å². The van der Waals surface area contributed by atoms with Gasteiger partial charge in [0.25, 0.3) is 0 Å². The second kappa shape index (κ2) is 6.03. The molecule has 1 aliphatic heterocycles. The third-order valence-electron chi connectivity index (χ3n) is 3.60. The van der Waals surface area contributed by atoms with Gasteiger partial charge in [-0.05, 0) is 44.6 Å². The molecule has 0 saturated carbocycles. The lowest BCUT2D eigenvalue weighted by Gasteiger charge is -2.22. The van der Waals surface area contributed by atoms with Crippen molar-refractivity contribution in [3.8, 4) is 5.75 Å². The molecular weight excluding hydrogens is 212 g/mol. The molecule has 1 saturated heterocycles. The van der Waals surface area contributed by atoms with E-state index >= 15 is 0 Å². The summed E-state index contributed by atoms with van der Waals surface area (Å²) >= 11 is 0. The number of benzene rings is 1. The molecule has 1 aromatic rings. The van der Waals surface area contributed by atoms with Gasteiger partial charge in [0.2, 0.25) is 0 Å². The Bertz CT molecular complexity index is 328. The van der Waals surface area contributed by atoms with Crippen LogP contribution in [-0.4, -0.2) is 38.2 Å². The van der Waals surface area contributed by atoms with Crippen LogP contribution in [0.4, 0.5) is 0 Å². The molecule has 0 bridgehead atoms. The highest BCUT2D eigenvalue weighted by Gasteiger charge is 2.27. The van der Waals surface area contributed by atoms with Crippen molar-refractivity contribution in [1.82, 2.24) is 4.90 Å². The Kier molecular flexibility index (Phi) is 4.40. The standard InChI is InChI=1S/C14H22N2O/c1-16-8-7-12(10-16)13(9-15)11-17-14-5-3-2-4-6-14/h2-6,12-13H,7-11,15H2,1H3. The van der Waals surface area contributed by atoms with E-state index in [1.807, 2.05) is 30.3 Å². The molecule has 2 atom stereocenters. The van der Waals surface area contributed by atoms with Crippen LogP contribution in [-0.2, 0) is 0 Å². The summed E-state index contributed by atoms with van der Waals surface area (Å²) in [4.78, 5) is 2.37. The third-order valence-corrected chi connectivity index (χ3v) is 3.60. The Morgan fingerprint density at radius 3 is 2.76 bits per heavy atom. The van der Waals surface area contributed by atoms with Crippen LogP contribution in [0.25, 0.3) is 0 Å². The maximum Gasteiger partial charge on any atom is 0.119 e. The highest BCUT2D eigenvalue weighted by atomic mass is 16.5. The summed E-state index contributed by atoms with van der Waals surface area (Å²) in [5.74, 6) is 2.10. The number of likely N-dealkylation sites (tertiary alicyclic amines) is 1. The zero-order valence-corrected chi connectivity index (χ0v) is 10.5. The number of ether oxygens (including phenoxy) is 1. The van der Waals surface area contributed by atoms with Crippen LogP contribution < -0.4 is 10.5 Å². The van der Waals surface area contributed by atoms with Crippen molar-refractivity contribution in [1.29, 1.82) is 0 Å². The van der Waals surface area contributed by atoms with Crippen molar-refractivity contribution in [3.05, 3.63) is 30.3 Å². The van der Waals surface area contributed by atoms with E-state index in [1.165, 1.54) is 13.0 Å². The average molecular weight is 234 g/mol. The first-order valence-corrected chi connectivity index (χ1v) is 6.36. The second-order valence-corrected chi connectivity index (χ2v) is 4.93. The quantitative estimate of drug-likeness (QED) is 0.841. The fraction of sp³-hybridized carbons (Fsp3) is 0.571. The zero-order valence-electron chi connectivity index (χ0n) is 10.5. The molecule has 1 aromatic carbocycles. The Morgan fingerprint density at radius 2 is 2.18 bits per heavy atom. The van der Waals surface area contributed by atoms with Crippen molar-refractivity contribution >= 4 is 0 Å². The highest BCUT2D eigenvalue weighted by Crippen LogP contribution is 2.23. The summed E-state index contributed by atoms with van der Waals surface area (Å²) in [5, 5.41) is 0. The van der Waals surface area contributed by atoms with Crippen LogP contribution in [0.3, 0.4) is 0 Å². The molecule has 1 heterocycles. The minimum absolute atomic E-state index is 0.472. The number of nitrogens with zero attached hydrogens (tertiary/aromatic N) is 1. The minimum atomic E-state index is 0.472. The van der Waals surface area contributed by atoms with E-state index in [4.69, 9.17) is 10.5 Å². The SMILES string of the molecule is CN1CCC(C(CN)COc2ccccc2)C1. The lowest BCUT2D eigenvalue weighted by atomic mass is 9.92. The van der Waals surface area contributed by atoms with E-state index in [1.54, 1.807) is 0 Å². The van der Waals surface area contributed by atoms with Crippen LogP contribution in [0.15, 0.2) is 30.3 Å². The summed E-state index contributed by atoms with van der Waals surface area (Å²) in [7, 11) is 2.17. The molecular formula is C14H22N2O. The van der Waals surface area contributed by atoms with Gasteiger partial charge in [0.1, 0.15) is 5.75 Å². The summed E-state index contributed by atoms with van der Waals surface area (Å²) in [6.07, 6.45) is 1.25. The van der Waals surface area contributed by atoms with Crippen molar-refractivity contribution in [3.63, 3.8) is 0 Å². The molecule has 1 aliphatic rings. The molecule has 3 heteroatoms. The smallest absolute Gasteiger partial charge is 0.119 e. The number of rotatable bonds is 5. The van der Waals surface area contributed by atoms with Crippen LogP contribution >= 0.6 is 0 Å². The van der Waals surface area contributed by atoms with E-state index < -0.39 is 0 Å². The van der Waals surface area contributed by atoms with Gasteiger partial charge in [-0.3, -0.25) is 0 Å². The Hall–Kier alpha value is -1.06. The predicted molar refractivity (Wildman–Crippen MR) is 70.1 cm³/mol. The van der Waals surface area contributed by atoms with Gasteiger partial charge in [0.05, 0.1) is 6.61 Å². The van der Waals surface area contributed by atoms with Crippen LogP contribution in [0.1, 0.15) is 6.42 Å². The lowest BCUT2D eigenvalue weighted by Crippen LogP contribution is -2.30. The Morgan fingerprint density at radius 1 is 1.41 bits per heavy atom. The molecule has 2 unspecified atom stereocenters. The van der Waals surface area contributed by atoms with Crippen LogP contribution in [0.5, 0.6) is 5.75 Å². The molecule has 1 fully saturated rings. The zero-order chi connectivity index (χ0) is 12.1. The van der Waals surface area contributed by atoms with Gasteiger partial charge in [-0.2, -0.15) is 0 Å². The average Bonchev–Trinajstić information content (AvgIpc) is 2.78. The van der Waals surface area contributed by atoms with E-state index in [9.17, 15) is 0 Å². The fourth-order valence-corrected chi connectivity index (χ4v) is 2.47. The van der Waals surface area contributed by atoms with Gasteiger partial charge in [-0.15, -0.1) is 0 Å². The number of hydrogen-bond acceptors (Lipinski definition) is 3. The van der Waals surface area contributed by atoms with Gasteiger partial charge >= 0.3 is 0 Å². The van der Waals surface area contributed by atoms with Crippen molar-refractivity contribution in [2.24, 2.45) is 17.6 Å². The maximum absolute atomic E-state index is 5.86. The first-order valence-electron chi connectivity index (χ1n) is 6.36. The van der Waals surface area contributed by atoms with Gasteiger partial charge in [-0.25, -0.2) is 0 Å². The van der Waals surface area contributed by atoms with Crippen molar-refractivity contribution < 1.29 is 4.74 Å². The summed E-state index contributed by atoms with van der Waals surface area (Å²) in [6, 6.07) is 9.98. The summed E-state index contributed by atoms with van der Waals surface area (Å²) in [5.41, 5.74) is 5.86. The molecule has 0 radical (unpaired) electrons. The van der Waals surface area contributed by atoms with Gasteiger partial charge in [0, 0.05) is 12.5 Å². The van der Waals surface area contributed by atoms with E-state index in [0.29, 0.717) is 18.4 Å². The van der Waals surface area contributed by atoms with E-state index in [-0.39, 0.29) is 0 Å². The number of nitrogens with two attached hydrogens (primary N) is 1. The van der Waals surface area contributed by atoms with Gasteiger partial charge in [-0.1, -0.05) is 18.2 Å². The van der Waals surface area contributed by atoms with E-state index in [2.05, 4.69) is 11.9 Å². The number of para-hydroxylation sites is 1. The molecule has 0 aliphatic carbocycles. The molecule has 0 spiro atoms. The molecule has 17 heavy (non-hydrogen) atoms. The topological polar surface area (TPSA) is 38.5 Å². The second-order valence-electron chi connectivity index (χ2n) is 4.93. The third kappa shape index (κ3) is 3.45. The Balaban J connectivity index is 1.84.